The van der Waals surface area contributed by atoms with Gasteiger partial charge in [-0.15, -0.1) is 10.2 Å². The minimum atomic E-state index is -0.575. The van der Waals surface area contributed by atoms with Gasteiger partial charge in [0.05, 0.1) is 17.6 Å². The summed E-state index contributed by atoms with van der Waals surface area (Å²) in [4.78, 5) is 31.0. The van der Waals surface area contributed by atoms with Crippen LogP contribution in [0.2, 0.25) is 5.02 Å². The molecule has 0 aliphatic rings. The second kappa shape index (κ2) is 10.8. The van der Waals surface area contributed by atoms with Gasteiger partial charge in [-0.05, 0) is 29.8 Å². The van der Waals surface area contributed by atoms with E-state index in [4.69, 9.17) is 21.7 Å². The van der Waals surface area contributed by atoms with E-state index in [0.29, 0.717) is 26.4 Å². The SMILES string of the molecule is COCCn1c(=N)c(C(=O)Nc2nnc(SCc3ccccc3Cl)s2)cc2c(=O)n3ccccc3nc21. The Morgan fingerprint density at radius 3 is 2.84 bits per heavy atom. The minimum absolute atomic E-state index is 0.0128. The van der Waals surface area contributed by atoms with Gasteiger partial charge in [0, 0.05) is 30.6 Å². The Balaban J connectivity index is 1.46. The van der Waals surface area contributed by atoms with E-state index in [1.807, 2.05) is 24.3 Å². The van der Waals surface area contributed by atoms with E-state index in [9.17, 15) is 9.59 Å². The van der Waals surface area contributed by atoms with Crippen LogP contribution in [0.4, 0.5) is 5.13 Å². The molecule has 4 heterocycles. The lowest BCUT2D eigenvalue weighted by molar-refractivity contribution is 0.102. The van der Waals surface area contributed by atoms with Crippen LogP contribution in [-0.2, 0) is 17.0 Å². The average Bonchev–Trinajstić information content (AvgIpc) is 3.35. The third-order valence-corrected chi connectivity index (χ3v) is 7.91. The summed E-state index contributed by atoms with van der Waals surface area (Å²) in [7, 11) is 1.54. The van der Waals surface area contributed by atoms with Gasteiger partial charge < -0.3 is 9.30 Å². The monoisotopic (exact) mass is 553 g/mol. The normalized spacial score (nSPS) is 11.3. The summed E-state index contributed by atoms with van der Waals surface area (Å²) in [5.74, 6) is 0.0307. The van der Waals surface area contributed by atoms with Crippen molar-refractivity contribution >= 4 is 62.4 Å². The van der Waals surface area contributed by atoms with Crippen molar-refractivity contribution in [3.8, 4) is 0 Å². The van der Waals surface area contributed by atoms with E-state index < -0.39 is 5.91 Å². The Bertz CT molecular complexity index is 1750. The van der Waals surface area contributed by atoms with Crippen molar-refractivity contribution in [3.05, 3.63) is 86.7 Å². The number of hydrogen-bond donors (Lipinski definition) is 2. The predicted molar refractivity (Wildman–Crippen MR) is 144 cm³/mol. The van der Waals surface area contributed by atoms with Crippen molar-refractivity contribution in [2.45, 2.75) is 16.6 Å². The van der Waals surface area contributed by atoms with Crippen LogP contribution < -0.4 is 16.4 Å². The third-order valence-electron chi connectivity index (χ3n) is 5.52. The molecule has 0 bridgehead atoms. The zero-order chi connectivity index (χ0) is 25.9. The zero-order valence-electron chi connectivity index (χ0n) is 19.5. The standard InChI is InChI=1S/C24H20ClN7O3S2/c1-35-11-10-32-19(26)15(12-16-20(32)27-18-8-4-5-9-31(18)22(16)34)21(33)28-23-29-30-24(37-23)36-13-14-6-2-3-7-17(14)25/h2-9,12,26H,10-11,13H2,1H3,(H,28,29,33). The van der Waals surface area contributed by atoms with Gasteiger partial charge in [0.1, 0.15) is 16.8 Å². The maximum Gasteiger partial charge on any atom is 0.267 e. The zero-order valence-corrected chi connectivity index (χ0v) is 21.9. The van der Waals surface area contributed by atoms with Crippen LogP contribution in [0.15, 0.2) is 63.9 Å². The molecule has 0 unspecified atom stereocenters. The number of pyridine rings is 2. The molecule has 188 valence electrons. The quantitative estimate of drug-likeness (QED) is 0.170. The Labute approximate surface area is 223 Å². The Morgan fingerprint density at radius 2 is 2.03 bits per heavy atom. The molecule has 2 N–H and O–H groups in total. The number of fused-ring (bicyclic) bond motifs is 2. The van der Waals surface area contributed by atoms with Gasteiger partial charge in [0.15, 0.2) is 4.34 Å². The fraction of sp³-hybridized carbons (Fsp3) is 0.167. The molecule has 5 aromatic rings. The van der Waals surface area contributed by atoms with Crippen molar-refractivity contribution in [3.63, 3.8) is 0 Å². The molecule has 37 heavy (non-hydrogen) atoms. The topological polar surface area (TPSA) is 127 Å². The summed E-state index contributed by atoms with van der Waals surface area (Å²) in [5, 5.41) is 20.8. The first-order valence-corrected chi connectivity index (χ1v) is 13.2. The maximum absolute atomic E-state index is 13.2. The summed E-state index contributed by atoms with van der Waals surface area (Å²) in [6, 6.07) is 14.2. The summed E-state index contributed by atoms with van der Waals surface area (Å²) < 4.78 is 8.75. The molecule has 0 atom stereocenters. The summed E-state index contributed by atoms with van der Waals surface area (Å²) in [5.41, 5.74) is 1.31. The number of amides is 1. The molecular weight excluding hydrogens is 534 g/mol. The first-order chi connectivity index (χ1) is 18.0. The van der Waals surface area contributed by atoms with Gasteiger partial charge in [-0.3, -0.25) is 24.7 Å². The number of benzene rings is 1. The van der Waals surface area contributed by atoms with Crippen LogP contribution in [0.5, 0.6) is 0 Å². The van der Waals surface area contributed by atoms with Crippen LogP contribution in [-0.4, -0.2) is 43.8 Å². The van der Waals surface area contributed by atoms with Crippen molar-refractivity contribution < 1.29 is 9.53 Å². The number of anilines is 1. The minimum Gasteiger partial charge on any atom is -0.383 e. The van der Waals surface area contributed by atoms with Gasteiger partial charge in [-0.1, -0.05) is 59.0 Å². The van der Waals surface area contributed by atoms with Gasteiger partial charge in [0.2, 0.25) is 5.13 Å². The molecule has 0 saturated heterocycles. The lowest BCUT2D eigenvalue weighted by Crippen LogP contribution is -2.33. The van der Waals surface area contributed by atoms with Crippen molar-refractivity contribution in [1.29, 1.82) is 5.41 Å². The number of carbonyl (C=O) groups is 1. The fourth-order valence-corrected chi connectivity index (χ4v) is 5.73. The average molecular weight is 554 g/mol. The lowest BCUT2D eigenvalue weighted by Gasteiger charge is -2.14. The van der Waals surface area contributed by atoms with E-state index in [-0.39, 0.29) is 40.3 Å². The number of aromatic nitrogens is 5. The Hall–Kier alpha value is -3.58. The fourth-order valence-electron chi connectivity index (χ4n) is 3.70. The van der Waals surface area contributed by atoms with Crippen LogP contribution >= 0.6 is 34.7 Å². The molecule has 4 aromatic heterocycles. The number of ether oxygens (including phenoxy) is 1. The van der Waals surface area contributed by atoms with Crippen molar-refractivity contribution in [2.24, 2.45) is 0 Å². The lowest BCUT2D eigenvalue weighted by atomic mass is 10.2. The molecule has 0 aliphatic heterocycles. The van der Waals surface area contributed by atoms with Crippen molar-refractivity contribution in [1.82, 2.24) is 24.1 Å². The van der Waals surface area contributed by atoms with Crippen molar-refractivity contribution in [2.75, 3.05) is 19.0 Å². The van der Waals surface area contributed by atoms with E-state index >= 15 is 0 Å². The highest BCUT2D eigenvalue weighted by atomic mass is 35.5. The number of methoxy groups -OCH3 is 1. The molecule has 10 nitrogen and oxygen atoms in total. The van der Waals surface area contributed by atoms with Gasteiger partial charge in [0.25, 0.3) is 11.5 Å². The molecule has 1 aromatic carbocycles. The van der Waals surface area contributed by atoms with E-state index in [0.717, 1.165) is 5.56 Å². The first-order valence-electron chi connectivity index (χ1n) is 11.1. The number of carbonyl (C=O) groups excluding carboxylic acids is 1. The maximum atomic E-state index is 13.2. The number of halogens is 1. The Morgan fingerprint density at radius 1 is 1.22 bits per heavy atom. The Kier molecular flexibility index (Phi) is 7.33. The molecule has 13 heteroatoms. The summed E-state index contributed by atoms with van der Waals surface area (Å²) in [6.07, 6.45) is 1.61. The summed E-state index contributed by atoms with van der Waals surface area (Å²) in [6.45, 7) is 0.513. The van der Waals surface area contributed by atoms with Crippen LogP contribution in [0.1, 0.15) is 15.9 Å². The molecular formula is C24H20ClN7O3S2. The smallest absolute Gasteiger partial charge is 0.267 e. The first kappa shape index (κ1) is 25.1. The van der Waals surface area contributed by atoms with Gasteiger partial charge in [-0.25, -0.2) is 4.98 Å². The molecule has 0 radical (unpaired) electrons. The number of thioether (sulfide) groups is 1. The molecule has 5 rings (SSSR count). The van der Waals surface area contributed by atoms with Crippen LogP contribution in [0.3, 0.4) is 0 Å². The predicted octanol–water partition coefficient (Wildman–Crippen LogP) is 3.82. The highest BCUT2D eigenvalue weighted by molar-refractivity contribution is 8.00. The molecule has 0 aliphatic carbocycles. The van der Waals surface area contributed by atoms with Gasteiger partial charge >= 0.3 is 0 Å². The second-order valence-corrected chi connectivity index (χ2v) is 10.4. The second-order valence-electron chi connectivity index (χ2n) is 7.84. The highest BCUT2D eigenvalue weighted by Crippen LogP contribution is 2.30. The largest absolute Gasteiger partial charge is 0.383 e. The van der Waals surface area contributed by atoms with Gasteiger partial charge in [-0.2, -0.15) is 0 Å². The third kappa shape index (κ3) is 5.14. The molecule has 1 amide bonds. The molecule has 0 saturated carbocycles. The number of hydrogen-bond acceptors (Lipinski definition) is 9. The number of nitrogens with zero attached hydrogens (tertiary/aromatic N) is 5. The number of rotatable bonds is 8. The van der Waals surface area contributed by atoms with Crippen LogP contribution in [0, 0.1) is 5.41 Å². The molecule has 0 spiro atoms. The van der Waals surface area contributed by atoms with E-state index in [2.05, 4.69) is 20.5 Å². The summed E-state index contributed by atoms with van der Waals surface area (Å²) >= 11 is 8.88. The van der Waals surface area contributed by atoms with Crippen LogP contribution in [0.25, 0.3) is 16.7 Å². The van der Waals surface area contributed by atoms with E-state index in [1.165, 1.54) is 45.2 Å². The number of nitrogens with one attached hydrogen (secondary N) is 2. The highest BCUT2D eigenvalue weighted by Gasteiger charge is 2.19. The van der Waals surface area contributed by atoms with E-state index in [1.54, 1.807) is 24.4 Å². The molecule has 0 fully saturated rings.